The molecule has 2 rings (SSSR count). The Morgan fingerprint density at radius 1 is 1.55 bits per heavy atom. The Morgan fingerprint density at radius 3 is 2.85 bits per heavy atom. The van der Waals surface area contributed by atoms with Gasteiger partial charge in [-0.2, -0.15) is 5.26 Å². The number of amides is 2. The van der Waals surface area contributed by atoms with E-state index in [1.165, 1.54) is 0 Å². The minimum atomic E-state index is -0.934. The molecule has 20 heavy (non-hydrogen) atoms. The average Bonchev–Trinajstić information content (AvgIpc) is 2.38. The number of aliphatic hydroxyl groups excluding tert-OH is 1. The maximum atomic E-state index is 10.8. The van der Waals surface area contributed by atoms with Crippen LogP contribution >= 0.6 is 0 Å². The first-order valence-corrected chi connectivity index (χ1v) is 6.07. The van der Waals surface area contributed by atoms with Crippen LogP contribution in [0, 0.1) is 11.3 Å². The molecule has 7 heteroatoms. The lowest BCUT2D eigenvalue weighted by molar-refractivity contribution is -0.0662. The van der Waals surface area contributed by atoms with E-state index in [1.54, 1.807) is 32.0 Å². The average molecular weight is 276 g/mol. The molecule has 1 heterocycles. The first kappa shape index (κ1) is 14.1. The SMILES string of the molecule is CC1(C)Oc2ccc(C#N)cc2C(NNC(N)=O)C1O. The van der Waals surface area contributed by atoms with Crippen LogP contribution in [0.25, 0.3) is 0 Å². The van der Waals surface area contributed by atoms with Crippen LogP contribution in [0.3, 0.4) is 0 Å². The highest BCUT2D eigenvalue weighted by molar-refractivity contribution is 5.71. The van der Waals surface area contributed by atoms with E-state index < -0.39 is 23.8 Å². The first-order chi connectivity index (χ1) is 9.35. The van der Waals surface area contributed by atoms with Crippen molar-refractivity contribution in [1.82, 2.24) is 10.9 Å². The number of nitrogens with two attached hydrogens (primary N) is 1. The molecular weight excluding hydrogens is 260 g/mol. The van der Waals surface area contributed by atoms with Crippen molar-refractivity contribution in [2.24, 2.45) is 5.73 Å². The fraction of sp³-hybridized carbons (Fsp3) is 0.385. The number of hydrogen-bond acceptors (Lipinski definition) is 5. The molecule has 1 aliphatic heterocycles. The lowest BCUT2D eigenvalue weighted by Gasteiger charge is -2.42. The number of nitrogens with zero attached hydrogens (tertiary/aromatic N) is 1. The predicted molar refractivity (Wildman–Crippen MR) is 70.5 cm³/mol. The van der Waals surface area contributed by atoms with Gasteiger partial charge >= 0.3 is 6.03 Å². The van der Waals surface area contributed by atoms with Crippen molar-refractivity contribution in [2.75, 3.05) is 0 Å². The van der Waals surface area contributed by atoms with Crippen molar-refractivity contribution in [1.29, 1.82) is 5.26 Å². The second kappa shape index (κ2) is 5.00. The standard InChI is InChI=1S/C13H16N4O3/c1-13(2)11(18)10(16-17-12(15)19)8-5-7(6-14)3-4-9(8)20-13/h3-5,10-11,16,18H,1-2H3,(H3,15,17,19). The predicted octanol–water partition coefficient (Wildman–Crippen LogP) is 0.304. The van der Waals surface area contributed by atoms with E-state index in [-0.39, 0.29) is 0 Å². The van der Waals surface area contributed by atoms with Crippen LogP contribution < -0.4 is 21.3 Å². The zero-order valence-electron chi connectivity index (χ0n) is 11.2. The smallest absolute Gasteiger partial charge is 0.326 e. The molecule has 0 fully saturated rings. The molecule has 0 aromatic heterocycles. The summed E-state index contributed by atoms with van der Waals surface area (Å²) in [7, 11) is 0. The number of nitrogens with one attached hydrogen (secondary N) is 2. The highest BCUT2D eigenvalue weighted by atomic mass is 16.5. The van der Waals surface area contributed by atoms with Gasteiger partial charge < -0.3 is 15.6 Å². The number of carbonyl (C=O) groups is 1. The number of aliphatic hydroxyl groups is 1. The number of nitriles is 1. The summed E-state index contributed by atoms with van der Waals surface area (Å²) in [5.41, 5.74) is 10.1. The van der Waals surface area contributed by atoms with Crippen LogP contribution in [0.15, 0.2) is 18.2 Å². The van der Waals surface area contributed by atoms with Crippen molar-refractivity contribution in [3.8, 4) is 11.8 Å². The van der Waals surface area contributed by atoms with Gasteiger partial charge in [0, 0.05) is 5.56 Å². The van der Waals surface area contributed by atoms with Gasteiger partial charge in [-0.25, -0.2) is 10.2 Å². The second-order valence-electron chi connectivity index (χ2n) is 5.13. The van der Waals surface area contributed by atoms with Gasteiger partial charge in [0.05, 0.1) is 17.7 Å². The highest BCUT2D eigenvalue weighted by Crippen LogP contribution is 2.39. The molecule has 1 aliphatic rings. The molecule has 7 nitrogen and oxygen atoms in total. The van der Waals surface area contributed by atoms with Crippen molar-refractivity contribution < 1.29 is 14.6 Å². The Kier molecular flexibility index (Phi) is 3.53. The van der Waals surface area contributed by atoms with E-state index in [4.69, 9.17) is 15.7 Å². The van der Waals surface area contributed by atoms with Crippen molar-refractivity contribution >= 4 is 6.03 Å². The summed E-state index contributed by atoms with van der Waals surface area (Å²) in [5.74, 6) is 0.545. The van der Waals surface area contributed by atoms with Crippen molar-refractivity contribution in [3.05, 3.63) is 29.3 Å². The van der Waals surface area contributed by atoms with Crippen molar-refractivity contribution in [2.45, 2.75) is 31.6 Å². The Morgan fingerprint density at radius 2 is 2.25 bits per heavy atom. The Labute approximate surface area is 116 Å². The van der Waals surface area contributed by atoms with Crippen LogP contribution in [-0.4, -0.2) is 22.8 Å². The zero-order valence-corrected chi connectivity index (χ0v) is 11.2. The Bertz CT molecular complexity index is 579. The molecule has 0 aliphatic carbocycles. The van der Waals surface area contributed by atoms with Gasteiger partial charge in [0.25, 0.3) is 0 Å². The third kappa shape index (κ3) is 2.52. The monoisotopic (exact) mass is 276 g/mol. The molecule has 0 radical (unpaired) electrons. The number of rotatable bonds is 2. The van der Waals surface area contributed by atoms with Crippen LogP contribution in [0.4, 0.5) is 4.79 Å². The number of ether oxygens (including phenoxy) is 1. The number of benzene rings is 1. The highest BCUT2D eigenvalue weighted by Gasteiger charge is 2.43. The lowest BCUT2D eigenvalue weighted by Crippen LogP contribution is -2.56. The molecule has 2 unspecified atom stereocenters. The summed E-state index contributed by atoms with van der Waals surface area (Å²) >= 11 is 0. The van der Waals surface area contributed by atoms with Gasteiger partial charge in [0.2, 0.25) is 0 Å². The first-order valence-electron chi connectivity index (χ1n) is 6.07. The fourth-order valence-corrected chi connectivity index (χ4v) is 2.17. The summed E-state index contributed by atoms with van der Waals surface area (Å²) < 4.78 is 5.72. The van der Waals surface area contributed by atoms with Crippen LogP contribution in [-0.2, 0) is 0 Å². The fourth-order valence-electron chi connectivity index (χ4n) is 2.17. The lowest BCUT2D eigenvalue weighted by atomic mass is 9.86. The van der Waals surface area contributed by atoms with E-state index in [0.29, 0.717) is 16.9 Å². The summed E-state index contributed by atoms with van der Waals surface area (Å²) in [4.78, 5) is 10.8. The molecule has 106 valence electrons. The maximum absolute atomic E-state index is 10.8. The molecule has 1 aromatic rings. The summed E-state index contributed by atoms with van der Waals surface area (Å²) in [5, 5.41) is 19.3. The van der Waals surface area contributed by atoms with Crippen LogP contribution in [0.2, 0.25) is 0 Å². The maximum Gasteiger partial charge on any atom is 0.326 e. The van der Waals surface area contributed by atoms with Gasteiger partial charge in [-0.15, -0.1) is 0 Å². The Hall–Kier alpha value is -2.30. The largest absolute Gasteiger partial charge is 0.485 e. The molecule has 0 spiro atoms. The van der Waals surface area contributed by atoms with Crippen molar-refractivity contribution in [3.63, 3.8) is 0 Å². The molecule has 0 bridgehead atoms. The third-order valence-electron chi connectivity index (χ3n) is 3.23. The van der Waals surface area contributed by atoms with Gasteiger partial charge in [-0.3, -0.25) is 5.43 Å². The number of fused-ring (bicyclic) bond motifs is 1. The zero-order chi connectivity index (χ0) is 14.9. The number of carbonyl (C=O) groups excluding carboxylic acids is 1. The minimum absolute atomic E-state index is 0.435. The quantitative estimate of drug-likeness (QED) is 0.579. The normalized spacial score (nSPS) is 23.1. The molecule has 2 atom stereocenters. The van der Waals surface area contributed by atoms with E-state index >= 15 is 0 Å². The number of urea groups is 1. The number of hydrogen-bond donors (Lipinski definition) is 4. The molecule has 1 aromatic carbocycles. The van der Waals surface area contributed by atoms with E-state index in [2.05, 4.69) is 10.9 Å². The molecule has 5 N–H and O–H groups in total. The molecule has 0 saturated heterocycles. The number of primary amides is 1. The molecular formula is C13H16N4O3. The molecule has 0 saturated carbocycles. The topological polar surface area (TPSA) is 120 Å². The summed E-state index contributed by atoms with van der Waals surface area (Å²) in [6, 6.07) is 5.53. The summed E-state index contributed by atoms with van der Waals surface area (Å²) in [6.07, 6.45) is -0.934. The van der Waals surface area contributed by atoms with Gasteiger partial charge in [-0.1, -0.05) is 0 Å². The number of hydrazine groups is 1. The second-order valence-corrected chi connectivity index (χ2v) is 5.13. The minimum Gasteiger partial charge on any atom is -0.485 e. The van der Waals surface area contributed by atoms with E-state index in [9.17, 15) is 9.90 Å². The van der Waals surface area contributed by atoms with Crippen LogP contribution in [0.5, 0.6) is 5.75 Å². The third-order valence-corrected chi connectivity index (χ3v) is 3.23. The molecule has 2 amide bonds. The summed E-state index contributed by atoms with van der Waals surface area (Å²) in [6.45, 7) is 3.47. The Balaban J connectivity index is 2.42. The van der Waals surface area contributed by atoms with E-state index in [1.807, 2.05) is 6.07 Å². The van der Waals surface area contributed by atoms with E-state index in [0.717, 1.165) is 0 Å². The van der Waals surface area contributed by atoms with Gasteiger partial charge in [0.1, 0.15) is 17.5 Å². The van der Waals surface area contributed by atoms with Gasteiger partial charge in [0.15, 0.2) is 0 Å². The van der Waals surface area contributed by atoms with Gasteiger partial charge in [-0.05, 0) is 32.0 Å². The van der Waals surface area contributed by atoms with Crippen LogP contribution in [0.1, 0.15) is 31.0 Å².